The fraction of sp³-hybridized carbons (Fsp3) is 0.300. The molecule has 0 spiro atoms. The van der Waals surface area contributed by atoms with E-state index in [-0.39, 0.29) is 0 Å². The Hall–Kier alpha value is -1.36. The SMILES string of the molecule is CSCCNc1ccc(N)c(C(N)=O)c1. The van der Waals surface area contributed by atoms with Crippen molar-refractivity contribution in [3.8, 4) is 0 Å². The number of nitrogens with one attached hydrogen (secondary N) is 1. The van der Waals surface area contributed by atoms with E-state index in [9.17, 15) is 4.79 Å². The molecule has 82 valence electrons. The van der Waals surface area contributed by atoms with E-state index >= 15 is 0 Å². The molecule has 0 aliphatic rings. The van der Waals surface area contributed by atoms with E-state index in [1.807, 2.05) is 12.3 Å². The van der Waals surface area contributed by atoms with Gasteiger partial charge < -0.3 is 16.8 Å². The molecule has 0 atom stereocenters. The van der Waals surface area contributed by atoms with Crippen LogP contribution in [0.2, 0.25) is 0 Å². The van der Waals surface area contributed by atoms with Gasteiger partial charge in [-0.2, -0.15) is 11.8 Å². The highest BCUT2D eigenvalue weighted by molar-refractivity contribution is 7.98. The molecule has 15 heavy (non-hydrogen) atoms. The van der Waals surface area contributed by atoms with Crippen molar-refractivity contribution in [3.63, 3.8) is 0 Å². The molecular weight excluding hydrogens is 210 g/mol. The Morgan fingerprint density at radius 3 is 2.87 bits per heavy atom. The summed E-state index contributed by atoms with van der Waals surface area (Å²) in [6.45, 7) is 0.850. The van der Waals surface area contributed by atoms with E-state index < -0.39 is 5.91 Å². The van der Waals surface area contributed by atoms with Crippen LogP contribution in [0, 0.1) is 0 Å². The number of hydrogen-bond donors (Lipinski definition) is 3. The third-order valence-electron chi connectivity index (χ3n) is 1.95. The number of thioether (sulfide) groups is 1. The van der Waals surface area contributed by atoms with Crippen LogP contribution in [-0.4, -0.2) is 24.5 Å². The molecule has 0 saturated heterocycles. The summed E-state index contributed by atoms with van der Waals surface area (Å²) in [5, 5.41) is 3.18. The number of rotatable bonds is 5. The molecule has 0 heterocycles. The summed E-state index contributed by atoms with van der Waals surface area (Å²) in [7, 11) is 0. The Balaban J connectivity index is 2.74. The van der Waals surface area contributed by atoms with Gasteiger partial charge in [-0.15, -0.1) is 0 Å². The van der Waals surface area contributed by atoms with Gasteiger partial charge >= 0.3 is 0 Å². The maximum atomic E-state index is 11.0. The van der Waals surface area contributed by atoms with Gasteiger partial charge in [0, 0.05) is 23.7 Å². The molecule has 1 rings (SSSR count). The summed E-state index contributed by atoms with van der Waals surface area (Å²) in [5.41, 5.74) is 12.4. The first kappa shape index (κ1) is 11.7. The van der Waals surface area contributed by atoms with Crippen LogP contribution in [0.15, 0.2) is 18.2 Å². The summed E-state index contributed by atoms with van der Waals surface area (Å²) in [6, 6.07) is 5.20. The number of primary amides is 1. The van der Waals surface area contributed by atoms with Crippen LogP contribution in [0.3, 0.4) is 0 Å². The zero-order valence-corrected chi connectivity index (χ0v) is 9.43. The molecule has 4 nitrogen and oxygen atoms in total. The fourth-order valence-corrected chi connectivity index (χ4v) is 1.48. The normalized spacial score (nSPS) is 9.93. The summed E-state index contributed by atoms with van der Waals surface area (Å²) in [6.07, 6.45) is 2.04. The first-order valence-corrected chi connectivity index (χ1v) is 5.96. The summed E-state index contributed by atoms with van der Waals surface area (Å²) in [4.78, 5) is 11.0. The molecule has 5 heteroatoms. The summed E-state index contributed by atoms with van der Waals surface area (Å²) < 4.78 is 0. The van der Waals surface area contributed by atoms with Crippen molar-refractivity contribution >= 4 is 29.0 Å². The predicted octanol–water partition coefficient (Wildman–Crippen LogP) is 1.14. The van der Waals surface area contributed by atoms with Crippen molar-refractivity contribution in [2.45, 2.75) is 0 Å². The number of hydrogen-bond acceptors (Lipinski definition) is 4. The largest absolute Gasteiger partial charge is 0.398 e. The van der Waals surface area contributed by atoms with Gasteiger partial charge in [0.05, 0.1) is 5.56 Å². The van der Waals surface area contributed by atoms with E-state index in [4.69, 9.17) is 11.5 Å². The van der Waals surface area contributed by atoms with Gasteiger partial charge in [-0.05, 0) is 24.5 Å². The number of carbonyl (C=O) groups excluding carboxylic acids is 1. The predicted molar refractivity (Wildman–Crippen MR) is 66.2 cm³/mol. The Bertz CT molecular complexity index is 355. The molecule has 0 fully saturated rings. The third-order valence-corrected chi connectivity index (χ3v) is 2.57. The lowest BCUT2D eigenvalue weighted by molar-refractivity contribution is 0.100. The van der Waals surface area contributed by atoms with Crippen LogP contribution in [-0.2, 0) is 0 Å². The molecule has 0 bridgehead atoms. The molecule has 1 amide bonds. The lowest BCUT2D eigenvalue weighted by atomic mass is 10.1. The number of anilines is 2. The minimum absolute atomic E-state index is 0.365. The Morgan fingerprint density at radius 1 is 1.53 bits per heavy atom. The van der Waals surface area contributed by atoms with Gasteiger partial charge in [0.2, 0.25) is 0 Å². The molecule has 0 saturated carbocycles. The molecule has 5 N–H and O–H groups in total. The van der Waals surface area contributed by atoms with E-state index in [0.29, 0.717) is 11.3 Å². The average molecular weight is 225 g/mol. The van der Waals surface area contributed by atoms with Crippen LogP contribution >= 0.6 is 11.8 Å². The van der Waals surface area contributed by atoms with E-state index in [0.717, 1.165) is 18.0 Å². The maximum Gasteiger partial charge on any atom is 0.250 e. The lowest BCUT2D eigenvalue weighted by Crippen LogP contribution is -2.14. The van der Waals surface area contributed by atoms with Gasteiger partial charge in [-0.25, -0.2) is 0 Å². The highest BCUT2D eigenvalue weighted by atomic mass is 32.2. The van der Waals surface area contributed by atoms with Crippen LogP contribution < -0.4 is 16.8 Å². The summed E-state index contributed by atoms with van der Waals surface area (Å²) in [5.74, 6) is 0.511. The Kier molecular flexibility index (Phi) is 4.30. The first-order chi connectivity index (χ1) is 7.15. The second kappa shape index (κ2) is 5.50. The monoisotopic (exact) mass is 225 g/mol. The molecule has 0 radical (unpaired) electrons. The maximum absolute atomic E-state index is 11.0. The molecule has 0 aliphatic heterocycles. The molecule has 0 aromatic heterocycles. The number of amides is 1. The van der Waals surface area contributed by atoms with Crippen molar-refractivity contribution in [1.82, 2.24) is 0 Å². The highest BCUT2D eigenvalue weighted by Gasteiger charge is 2.05. The number of nitrogens with two attached hydrogens (primary N) is 2. The minimum Gasteiger partial charge on any atom is -0.398 e. The van der Waals surface area contributed by atoms with E-state index in [1.54, 1.807) is 23.9 Å². The number of benzene rings is 1. The quantitative estimate of drug-likeness (QED) is 0.518. The van der Waals surface area contributed by atoms with Crippen molar-refractivity contribution in [2.24, 2.45) is 5.73 Å². The Labute approximate surface area is 93.4 Å². The smallest absolute Gasteiger partial charge is 0.250 e. The number of nitrogen functional groups attached to an aromatic ring is 1. The molecule has 0 unspecified atom stereocenters. The van der Waals surface area contributed by atoms with Crippen molar-refractivity contribution in [2.75, 3.05) is 29.6 Å². The van der Waals surface area contributed by atoms with Crippen LogP contribution in [0.4, 0.5) is 11.4 Å². The number of carbonyl (C=O) groups is 1. The van der Waals surface area contributed by atoms with Crippen molar-refractivity contribution in [3.05, 3.63) is 23.8 Å². The zero-order chi connectivity index (χ0) is 11.3. The van der Waals surface area contributed by atoms with Crippen LogP contribution in [0.1, 0.15) is 10.4 Å². The van der Waals surface area contributed by atoms with Gasteiger partial charge in [-0.3, -0.25) is 4.79 Å². The van der Waals surface area contributed by atoms with Crippen molar-refractivity contribution < 1.29 is 4.79 Å². The summed E-state index contributed by atoms with van der Waals surface area (Å²) >= 11 is 1.76. The molecule has 0 aliphatic carbocycles. The third kappa shape index (κ3) is 3.36. The minimum atomic E-state index is -0.499. The average Bonchev–Trinajstić information content (AvgIpc) is 2.20. The molecule has 1 aromatic carbocycles. The van der Waals surface area contributed by atoms with E-state index in [2.05, 4.69) is 5.32 Å². The van der Waals surface area contributed by atoms with Gasteiger partial charge in [0.15, 0.2) is 0 Å². The standard InChI is InChI=1S/C10H15N3OS/c1-15-5-4-13-7-2-3-9(11)8(6-7)10(12)14/h2-3,6,13H,4-5,11H2,1H3,(H2,12,14). The second-order valence-electron chi connectivity index (χ2n) is 3.09. The van der Waals surface area contributed by atoms with Crippen LogP contribution in [0.25, 0.3) is 0 Å². The Morgan fingerprint density at radius 2 is 2.27 bits per heavy atom. The van der Waals surface area contributed by atoms with Gasteiger partial charge in [0.1, 0.15) is 0 Å². The highest BCUT2D eigenvalue weighted by Crippen LogP contribution is 2.17. The van der Waals surface area contributed by atoms with Crippen LogP contribution in [0.5, 0.6) is 0 Å². The van der Waals surface area contributed by atoms with Crippen molar-refractivity contribution in [1.29, 1.82) is 0 Å². The van der Waals surface area contributed by atoms with E-state index in [1.165, 1.54) is 0 Å². The zero-order valence-electron chi connectivity index (χ0n) is 8.62. The molecular formula is C10H15N3OS. The topological polar surface area (TPSA) is 81.1 Å². The second-order valence-corrected chi connectivity index (χ2v) is 4.07. The van der Waals surface area contributed by atoms with Gasteiger partial charge in [-0.1, -0.05) is 0 Å². The fourth-order valence-electron chi connectivity index (χ4n) is 1.18. The first-order valence-electron chi connectivity index (χ1n) is 4.57. The van der Waals surface area contributed by atoms with Gasteiger partial charge in [0.25, 0.3) is 5.91 Å². The lowest BCUT2D eigenvalue weighted by Gasteiger charge is -2.08. The molecule has 1 aromatic rings.